The van der Waals surface area contributed by atoms with Gasteiger partial charge in [0.2, 0.25) is 0 Å². The lowest BCUT2D eigenvalue weighted by molar-refractivity contribution is 0.397. The van der Waals surface area contributed by atoms with Crippen molar-refractivity contribution in [2.45, 2.75) is 53.4 Å². The molecule has 0 saturated heterocycles. The molecule has 0 aromatic heterocycles. The minimum absolute atomic E-state index is 0.884. The molecule has 0 fully saturated rings. The van der Waals surface area contributed by atoms with E-state index >= 15 is 0 Å². The summed E-state index contributed by atoms with van der Waals surface area (Å²) in [5, 5.41) is 3.59. The summed E-state index contributed by atoms with van der Waals surface area (Å²) in [5.74, 6) is 1.77. The summed E-state index contributed by atoms with van der Waals surface area (Å²) in [4.78, 5) is 0. The molecule has 1 N–H and O–H groups in total. The summed E-state index contributed by atoms with van der Waals surface area (Å²) in [6.45, 7) is 11.6. The van der Waals surface area contributed by atoms with Gasteiger partial charge in [-0.2, -0.15) is 0 Å². The number of hydrogen-bond donors (Lipinski definition) is 1. The highest BCUT2D eigenvalue weighted by atomic mass is 14.9. The third-order valence-corrected chi connectivity index (χ3v) is 3.18. The Balaban J connectivity index is 3.41. The van der Waals surface area contributed by atoms with Crippen LogP contribution in [-0.2, 0) is 0 Å². The largest absolute Gasteiger partial charge is 0.316 e. The number of nitrogens with one attached hydrogen (secondary N) is 1. The molecule has 1 heteroatoms. The third-order valence-electron chi connectivity index (χ3n) is 3.18. The number of rotatable bonds is 8. The maximum absolute atomic E-state index is 3.59. The first kappa shape index (κ1) is 13.0. The van der Waals surface area contributed by atoms with Crippen molar-refractivity contribution in [3.05, 3.63) is 0 Å². The fourth-order valence-electron chi connectivity index (χ4n) is 1.65. The Morgan fingerprint density at radius 2 is 1.00 bits per heavy atom. The topological polar surface area (TPSA) is 12.0 Å². The van der Waals surface area contributed by atoms with Crippen LogP contribution >= 0.6 is 0 Å². The van der Waals surface area contributed by atoms with E-state index in [1.54, 1.807) is 0 Å². The van der Waals surface area contributed by atoms with Gasteiger partial charge in [-0.1, -0.05) is 53.4 Å². The van der Waals surface area contributed by atoms with Crippen molar-refractivity contribution < 1.29 is 0 Å². The van der Waals surface area contributed by atoms with Crippen molar-refractivity contribution in [1.29, 1.82) is 0 Å². The highest BCUT2D eigenvalue weighted by Crippen LogP contribution is 2.08. The van der Waals surface area contributed by atoms with E-state index in [9.17, 15) is 0 Å². The van der Waals surface area contributed by atoms with E-state index in [-0.39, 0.29) is 0 Å². The van der Waals surface area contributed by atoms with Crippen LogP contribution in [0.5, 0.6) is 0 Å². The molecular weight excluding hydrogens is 158 g/mol. The third kappa shape index (κ3) is 6.09. The molecule has 0 bridgehead atoms. The van der Waals surface area contributed by atoms with Gasteiger partial charge in [-0.15, -0.1) is 0 Å². The fraction of sp³-hybridized carbons (Fsp3) is 1.00. The van der Waals surface area contributed by atoms with Gasteiger partial charge in [-0.25, -0.2) is 0 Å². The van der Waals surface area contributed by atoms with E-state index in [1.165, 1.54) is 38.8 Å². The van der Waals surface area contributed by atoms with E-state index in [1.807, 2.05) is 0 Å². The smallest absolute Gasteiger partial charge is 0.00206 e. The van der Waals surface area contributed by atoms with Gasteiger partial charge in [0, 0.05) is 0 Å². The Hall–Kier alpha value is -0.0400. The van der Waals surface area contributed by atoms with E-state index in [2.05, 4.69) is 33.0 Å². The van der Waals surface area contributed by atoms with Crippen molar-refractivity contribution in [3.63, 3.8) is 0 Å². The molecule has 0 atom stereocenters. The van der Waals surface area contributed by atoms with Crippen molar-refractivity contribution in [1.82, 2.24) is 5.32 Å². The van der Waals surface area contributed by atoms with Gasteiger partial charge in [0.25, 0.3) is 0 Å². The van der Waals surface area contributed by atoms with E-state index in [0.29, 0.717) is 0 Å². The van der Waals surface area contributed by atoms with E-state index in [4.69, 9.17) is 0 Å². The predicted octanol–water partition coefficient (Wildman–Crippen LogP) is 3.45. The molecule has 0 aliphatic carbocycles. The first-order valence-corrected chi connectivity index (χ1v) is 5.99. The van der Waals surface area contributed by atoms with Crippen LogP contribution in [0.4, 0.5) is 0 Å². The molecule has 0 amide bonds. The summed E-state index contributed by atoms with van der Waals surface area (Å²) in [6.07, 6.45) is 5.25. The summed E-state index contributed by atoms with van der Waals surface area (Å²) in [5.41, 5.74) is 0. The molecule has 0 aliphatic heterocycles. The lowest BCUT2D eigenvalue weighted by Crippen LogP contribution is -2.27. The Kier molecular flexibility index (Phi) is 8.53. The molecule has 0 aromatic carbocycles. The standard InChI is InChI=1S/C12H27N/c1-5-11(6-2)9-13-10-12(7-3)8-4/h11-13H,5-10H2,1-4H3. The highest BCUT2D eigenvalue weighted by Gasteiger charge is 2.05. The van der Waals surface area contributed by atoms with Crippen molar-refractivity contribution in [3.8, 4) is 0 Å². The molecule has 1 nitrogen and oxygen atoms in total. The molecule has 13 heavy (non-hydrogen) atoms. The molecule has 0 radical (unpaired) electrons. The van der Waals surface area contributed by atoms with Gasteiger partial charge in [-0.05, 0) is 24.9 Å². The van der Waals surface area contributed by atoms with Gasteiger partial charge in [0.05, 0.1) is 0 Å². The second kappa shape index (κ2) is 8.55. The maximum Gasteiger partial charge on any atom is -0.00206 e. The van der Waals surface area contributed by atoms with Gasteiger partial charge in [0.1, 0.15) is 0 Å². The van der Waals surface area contributed by atoms with Gasteiger partial charge in [-0.3, -0.25) is 0 Å². The zero-order chi connectivity index (χ0) is 10.1. The molecule has 0 aliphatic rings. The molecule has 80 valence electrons. The molecule has 0 saturated carbocycles. The molecule has 0 rings (SSSR count). The minimum atomic E-state index is 0.884. The first-order chi connectivity index (χ1) is 6.28. The normalized spacial score (nSPS) is 11.5. The summed E-state index contributed by atoms with van der Waals surface area (Å²) >= 11 is 0. The number of hydrogen-bond acceptors (Lipinski definition) is 1. The second-order valence-electron chi connectivity index (χ2n) is 4.02. The van der Waals surface area contributed by atoms with Crippen LogP contribution in [0.3, 0.4) is 0 Å². The Labute approximate surface area is 84.3 Å². The molecule has 0 spiro atoms. The van der Waals surface area contributed by atoms with Crippen LogP contribution < -0.4 is 5.32 Å². The van der Waals surface area contributed by atoms with Gasteiger partial charge < -0.3 is 5.32 Å². The monoisotopic (exact) mass is 185 g/mol. The lowest BCUT2D eigenvalue weighted by atomic mass is 10.0. The van der Waals surface area contributed by atoms with Crippen LogP contribution in [0.15, 0.2) is 0 Å². The Bertz CT molecular complexity index is 81.3. The van der Waals surface area contributed by atoms with E-state index in [0.717, 1.165) is 11.8 Å². The van der Waals surface area contributed by atoms with E-state index < -0.39 is 0 Å². The van der Waals surface area contributed by atoms with Crippen molar-refractivity contribution in [2.24, 2.45) is 11.8 Å². The van der Waals surface area contributed by atoms with Crippen molar-refractivity contribution >= 4 is 0 Å². The zero-order valence-electron chi connectivity index (χ0n) is 9.90. The second-order valence-corrected chi connectivity index (χ2v) is 4.02. The summed E-state index contributed by atoms with van der Waals surface area (Å²) in [6, 6.07) is 0. The maximum atomic E-state index is 3.59. The molecular formula is C12H27N. The SMILES string of the molecule is CCC(CC)CNCC(CC)CC. The minimum Gasteiger partial charge on any atom is -0.316 e. The summed E-state index contributed by atoms with van der Waals surface area (Å²) < 4.78 is 0. The van der Waals surface area contributed by atoms with Crippen LogP contribution in [0.2, 0.25) is 0 Å². The van der Waals surface area contributed by atoms with Crippen molar-refractivity contribution in [2.75, 3.05) is 13.1 Å². The zero-order valence-corrected chi connectivity index (χ0v) is 9.90. The molecule has 0 unspecified atom stereocenters. The van der Waals surface area contributed by atoms with Crippen LogP contribution in [0.25, 0.3) is 0 Å². The Morgan fingerprint density at radius 3 is 1.23 bits per heavy atom. The first-order valence-electron chi connectivity index (χ1n) is 5.99. The Morgan fingerprint density at radius 1 is 0.692 bits per heavy atom. The van der Waals surface area contributed by atoms with Crippen LogP contribution in [0.1, 0.15) is 53.4 Å². The highest BCUT2D eigenvalue weighted by molar-refractivity contribution is 4.62. The van der Waals surface area contributed by atoms with Gasteiger partial charge >= 0.3 is 0 Å². The summed E-state index contributed by atoms with van der Waals surface area (Å²) in [7, 11) is 0. The lowest BCUT2D eigenvalue weighted by Gasteiger charge is -2.17. The van der Waals surface area contributed by atoms with Crippen LogP contribution in [-0.4, -0.2) is 13.1 Å². The predicted molar refractivity (Wildman–Crippen MR) is 61.0 cm³/mol. The fourth-order valence-corrected chi connectivity index (χ4v) is 1.65. The average Bonchev–Trinajstić information content (AvgIpc) is 2.19. The van der Waals surface area contributed by atoms with Gasteiger partial charge in [0.15, 0.2) is 0 Å². The van der Waals surface area contributed by atoms with Crippen LogP contribution in [0, 0.1) is 11.8 Å². The average molecular weight is 185 g/mol. The quantitative estimate of drug-likeness (QED) is 0.611. The molecule has 0 aromatic rings. The molecule has 0 heterocycles.